The summed E-state index contributed by atoms with van der Waals surface area (Å²) in [6.45, 7) is 2.17. The van der Waals surface area contributed by atoms with Crippen LogP contribution in [0.3, 0.4) is 0 Å². The highest BCUT2D eigenvalue weighted by Crippen LogP contribution is 2.29. The van der Waals surface area contributed by atoms with Crippen molar-refractivity contribution in [2.24, 2.45) is 0 Å². The molecule has 1 heterocycles. The van der Waals surface area contributed by atoms with E-state index in [0.29, 0.717) is 6.04 Å². The van der Waals surface area contributed by atoms with E-state index in [9.17, 15) is 0 Å². The maximum atomic E-state index is 4.37. The van der Waals surface area contributed by atoms with Crippen LogP contribution in [0.1, 0.15) is 18.5 Å². The van der Waals surface area contributed by atoms with Crippen LogP contribution in [0, 0.1) is 0 Å². The van der Waals surface area contributed by atoms with Gasteiger partial charge >= 0.3 is 0 Å². The number of benzene rings is 2. The van der Waals surface area contributed by atoms with Gasteiger partial charge in [-0.25, -0.2) is 0 Å². The summed E-state index contributed by atoms with van der Waals surface area (Å²) in [4.78, 5) is 4.37. The van der Waals surface area contributed by atoms with E-state index in [2.05, 4.69) is 59.7 Å². The second kappa shape index (κ2) is 5.43. The van der Waals surface area contributed by atoms with Crippen LogP contribution in [-0.4, -0.2) is 12.0 Å². The minimum absolute atomic E-state index is 0.345. The normalized spacial score (nSPS) is 12.5. The average molecular weight is 262 g/mol. The Morgan fingerprint density at radius 2 is 1.85 bits per heavy atom. The first-order valence-electron chi connectivity index (χ1n) is 6.90. The Bertz CT molecular complexity index is 729. The number of nitrogens with zero attached hydrogens (tertiary/aromatic N) is 1. The Morgan fingerprint density at radius 3 is 2.70 bits per heavy atom. The van der Waals surface area contributed by atoms with Gasteiger partial charge < -0.3 is 5.32 Å². The van der Waals surface area contributed by atoms with Crippen molar-refractivity contribution in [3.63, 3.8) is 0 Å². The average Bonchev–Trinajstić information content (AvgIpc) is 2.53. The lowest BCUT2D eigenvalue weighted by molar-refractivity contribution is 0.652. The molecule has 2 heteroatoms. The molecule has 0 spiro atoms. The quantitative estimate of drug-likeness (QED) is 0.766. The van der Waals surface area contributed by atoms with Gasteiger partial charge in [0.15, 0.2) is 0 Å². The van der Waals surface area contributed by atoms with Crippen molar-refractivity contribution in [3.05, 3.63) is 66.5 Å². The number of hydrogen-bond donors (Lipinski definition) is 1. The number of pyridine rings is 1. The van der Waals surface area contributed by atoms with Crippen molar-refractivity contribution in [2.45, 2.75) is 13.0 Å². The molecule has 20 heavy (non-hydrogen) atoms. The zero-order valence-electron chi connectivity index (χ0n) is 11.8. The number of aromatic nitrogens is 1. The van der Waals surface area contributed by atoms with E-state index >= 15 is 0 Å². The zero-order valence-corrected chi connectivity index (χ0v) is 11.8. The number of fused-ring (bicyclic) bond motifs is 1. The summed E-state index contributed by atoms with van der Waals surface area (Å²) in [6, 6.07) is 17.4. The first kappa shape index (κ1) is 12.8. The minimum atomic E-state index is 0.345. The van der Waals surface area contributed by atoms with E-state index in [1.807, 2.05) is 25.5 Å². The van der Waals surface area contributed by atoms with Crippen LogP contribution in [0.5, 0.6) is 0 Å². The lowest BCUT2D eigenvalue weighted by Gasteiger charge is -2.13. The lowest BCUT2D eigenvalue weighted by atomic mass is 9.97. The first-order chi connectivity index (χ1) is 9.79. The second-order valence-electron chi connectivity index (χ2n) is 5.04. The highest BCUT2D eigenvalue weighted by molar-refractivity contribution is 5.95. The van der Waals surface area contributed by atoms with Crippen molar-refractivity contribution < 1.29 is 0 Å². The molecule has 1 N–H and O–H groups in total. The fourth-order valence-corrected chi connectivity index (χ4v) is 2.49. The first-order valence-corrected chi connectivity index (χ1v) is 6.90. The van der Waals surface area contributed by atoms with Gasteiger partial charge in [-0.05, 0) is 36.6 Å². The van der Waals surface area contributed by atoms with Gasteiger partial charge in [-0.3, -0.25) is 4.98 Å². The van der Waals surface area contributed by atoms with Gasteiger partial charge in [0.25, 0.3) is 0 Å². The molecule has 3 rings (SSSR count). The zero-order chi connectivity index (χ0) is 13.9. The van der Waals surface area contributed by atoms with Gasteiger partial charge in [0.1, 0.15) is 0 Å². The predicted octanol–water partition coefficient (Wildman–Crippen LogP) is 4.18. The largest absolute Gasteiger partial charge is 0.313 e. The summed E-state index contributed by atoms with van der Waals surface area (Å²) in [5.74, 6) is 0. The van der Waals surface area contributed by atoms with Gasteiger partial charge in [0.2, 0.25) is 0 Å². The predicted molar refractivity (Wildman–Crippen MR) is 84.7 cm³/mol. The Labute approximate surface area is 119 Å². The van der Waals surface area contributed by atoms with Crippen molar-refractivity contribution >= 4 is 10.8 Å². The fraction of sp³-hybridized carbons (Fsp3) is 0.167. The fourth-order valence-electron chi connectivity index (χ4n) is 2.49. The molecule has 0 radical (unpaired) electrons. The molecule has 1 aromatic heterocycles. The van der Waals surface area contributed by atoms with E-state index in [1.54, 1.807) is 0 Å². The molecular formula is C18H18N2. The Balaban J connectivity index is 2.16. The third kappa shape index (κ3) is 2.30. The third-order valence-electron chi connectivity index (χ3n) is 3.80. The second-order valence-corrected chi connectivity index (χ2v) is 5.04. The van der Waals surface area contributed by atoms with Gasteiger partial charge in [0, 0.05) is 29.4 Å². The smallest absolute Gasteiger partial charge is 0.0352 e. The summed E-state index contributed by atoms with van der Waals surface area (Å²) < 4.78 is 0. The van der Waals surface area contributed by atoms with E-state index in [-0.39, 0.29) is 0 Å². The molecule has 1 unspecified atom stereocenters. The molecule has 2 aromatic carbocycles. The Morgan fingerprint density at radius 1 is 1.00 bits per heavy atom. The SMILES string of the molecule is CNC(C)c1cccc(-c2cncc3ccccc23)c1. The molecular weight excluding hydrogens is 244 g/mol. The van der Waals surface area contributed by atoms with E-state index in [4.69, 9.17) is 0 Å². The molecule has 0 fully saturated rings. The van der Waals surface area contributed by atoms with E-state index < -0.39 is 0 Å². The van der Waals surface area contributed by atoms with Crippen LogP contribution >= 0.6 is 0 Å². The molecule has 0 saturated carbocycles. The molecule has 2 nitrogen and oxygen atoms in total. The van der Waals surface area contributed by atoms with Crippen LogP contribution in [0.4, 0.5) is 0 Å². The summed E-state index contributed by atoms with van der Waals surface area (Å²) >= 11 is 0. The number of nitrogens with one attached hydrogen (secondary N) is 1. The maximum absolute atomic E-state index is 4.37. The van der Waals surface area contributed by atoms with Crippen LogP contribution in [0.25, 0.3) is 21.9 Å². The molecule has 1 atom stereocenters. The Hall–Kier alpha value is -2.19. The van der Waals surface area contributed by atoms with Crippen LogP contribution < -0.4 is 5.32 Å². The van der Waals surface area contributed by atoms with Crippen molar-refractivity contribution in [1.82, 2.24) is 10.3 Å². The Kier molecular flexibility index (Phi) is 3.48. The van der Waals surface area contributed by atoms with Crippen molar-refractivity contribution in [3.8, 4) is 11.1 Å². The summed E-state index contributed by atoms with van der Waals surface area (Å²) in [7, 11) is 1.98. The van der Waals surface area contributed by atoms with Crippen molar-refractivity contribution in [2.75, 3.05) is 7.05 Å². The maximum Gasteiger partial charge on any atom is 0.0352 e. The van der Waals surface area contributed by atoms with Crippen LogP contribution in [0.2, 0.25) is 0 Å². The van der Waals surface area contributed by atoms with Crippen LogP contribution in [0.15, 0.2) is 60.9 Å². The highest BCUT2D eigenvalue weighted by Gasteiger charge is 2.07. The van der Waals surface area contributed by atoms with Gasteiger partial charge in [-0.2, -0.15) is 0 Å². The molecule has 0 aliphatic carbocycles. The topological polar surface area (TPSA) is 24.9 Å². The van der Waals surface area contributed by atoms with Crippen LogP contribution in [-0.2, 0) is 0 Å². The van der Waals surface area contributed by atoms with Gasteiger partial charge in [-0.1, -0.05) is 42.5 Å². The summed E-state index contributed by atoms with van der Waals surface area (Å²) in [6.07, 6.45) is 3.87. The van der Waals surface area contributed by atoms with E-state index in [0.717, 1.165) is 0 Å². The molecule has 3 aromatic rings. The summed E-state index contributed by atoms with van der Waals surface area (Å²) in [5, 5.41) is 5.71. The third-order valence-corrected chi connectivity index (χ3v) is 3.80. The molecule has 100 valence electrons. The number of hydrogen-bond acceptors (Lipinski definition) is 2. The standard InChI is InChI=1S/C18H18N2/c1-13(19-2)14-7-5-8-15(10-14)18-12-20-11-16-6-3-4-9-17(16)18/h3-13,19H,1-2H3. The molecule has 0 bridgehead atoms. The van der Waals surface area contributed by atoms with Crippen molar-refractivity contribution in [1.29, 1.82) is 0 Å². The summed E-state index contributed by atoms with van der Waals surface area (Å²) in [5.41, 5.74) is 3.69. The lowest BCUT2D eigenvalue weighted by Crippen LogP contribution is -2.12. The van der Waals surface area contributed by atoms with Gasteiger partial charge in [-0.15, -0.1) is 0 Å². The minimum Gasteiger partial charge on any atom is -0.313 e. The van der Waals surface area contributed by atoms with Gasteiger partial charge in [0.05, 0.1) is 0 Å². The molecule has 0 amide bonds. The van der Waals surface area contributed by atoms with E-state index in [1.165, 1.54) is 27.5 Å². The monoisotopic (exact) mass is 262 g/mol. The molecule has 0 aliphatic rings. The molecule has 0 aliphatic heterocycles. The highest BCUT2D eigenvalue weighted by atomic mass is 14.8. The number of rotatable bonds is 3. The molecule has 0 saturated heterocycles.